The summed E-state index contributed by atoms with van der Waals surface area (Å²) in [6.45, 7) is 0. The molecular weight excluding hydrogens is 196 g/mol. The minimum absolute atomic E-state index is 0.855. The summed E-state index contributed by atoms with van der Waals surface area (Å²) in [6, 6.07) is 0. The van der Waals surface area contributed by atoms with Crippen molar-refractivity contribution in [2.75, 3.05) is 11.5 Å². The summed E-state index contributed by atoms with van der Waals surface area (Å²) in [4.78, 5) is 0.892. The smallest absolute Gasteiger partial charge is 0.0834 e. The van der Waals surface area contributed by atoms with Gasteiger partial charge in [-0.05, 0) is 17.3 Å². The molecule has 0 nitrogen and oxygen atoms in total. The molecule has 0 N–H and O–H groups in total. The quantitative estimate of drug-likeness (QED) is 0.421. The lowest BCUT2D eigenvalue weighted by Gasteiger charge is -2.01. The van der Waals surface area contributed by atoms with E-state index >= 15 is 0 Å². The zero-order valence-corrected chi connectivity index (χ0v) is 7.88. The van der Waals surface area contributed by atoms with E-state index in [0.717, 1.165) is 21.0 Å². The van der Waals surface area contributed by atoms with Crippen LogP contribution in [0.4, 0.5) is 0 Å². The third kappa shape index (κ3) is 1.05. The number of halogens is 1. The van der Waals surface area contributed by atoms with Gasteiger partial charge in [0.1, 0.15) is 16.8 Å². The standard InChI is InChI=1S/C7H12BrS/c8-6-3-5-9-4-1-2-7(6)9/h6-7H,1-5H2/q+1/t6-,7+,9?/m0/s1. The van der Waals surface area contributed by atoms with Crippen LogP contribution in [0.1, 0.15) is 19.3 Å². The Labute approximate surface area is 67.9 Å². The zero-order chi connectivity index (χ0) is 6.27. The van der Waals surface area contributed by atoms with Gasteiger partial charge in [0.25, 0.3) is 0 Å². The van der Waals surface area contributed by atoms with Crippen LogP contribution >= 0.6 is 15.9 Å². The average Bonchev–Trinajstić information content (AvgIpc) is 2.35. The van der Waals surface area contributed by atoms with Crippen molar-refractivity contribution in [2.24, 2.45) is 0 Å². The molecule has 0 saturated carbocycles. The largest absolute Gasteiger partial charge is 0.131 e. The van der Waals surface area contributed by atoms with E-state index < -0.39 is 0 Å². The van der Waals surface area contributed by atoms with E-state index in [4.69, 9.17) is 0 Å². The molecule has 0 aromatic rings. The van der Waals surface area contributed by atoms with Crippen molar-refractivity contribution >= 4 is 26.8 Å². The monoisotopic (exact) mass is 207 g/mol. The minimum Gasteiger partial charge on any atom is -0.0834 e. The van der Waals surface area contributed by atoms with E-state index in [-0.39, 0.29) is 0 Å². The van der Waals surface area contributed by atoms with Crippen molar-refractivity contribution in [2.45, 2.75) is 29.3 Å². The predicted molar refractivity (Wildman–Crippen MR) is 47.5 cm³/mol. The second-order valence-electron chi connectivity index (χ2n) is 2.93. The molecule has 0 aliphatic carbocycles. The highest BCUT2D eigenvalue weighted by atomic mass is 79.9. The first-order valence-electron chi connectivity index (χ1n) is 3.68. The van der Waals surface area contributed by atoms with E-state index in [1.807, 2.05) is 0 Å². The van der Waals surface area contributed by atoms with Crippen LogP contribution in [0.3, 0.4) is 0 Å². The van der Waals surface area contributed by atoms with Gasteiger partial charge in [0.05, 0.1) is 4.83 Å². The molecule has 52 valence electrons. The highest BCUT2D eigenvalue weighted by molar-refractivity contribution is 9.09. The molecular formula is C7H12BrS+. The van der Waals surface area contributed by atoms with E-state index in [0.29, 0.717) is 0 Å². The molecule has 3 atom stereocenters. The van der Waals surface area contributed by atoms with Crippen molar-refractivity contribution in [3.05, 3.63) is 0 Å². The molecule has 2 rings (SSSR count). The number of hydrogen-bond acceptors (Lipinski definition) is 0. The summed E-state index contributed by atoms with van der Waals surface area (Å²) < 4.78 is 0. The molecule has 2 saturated heterocycles. The maximum atomic E-state index is 3.75. The maximum absolute atomic E-state index is 3.75. The van der Waals surface area contributed by atoms with Gasteiger partial charge < -0.3 is 0 Å². The molecule has 2 heterocycles. The summed E-state index contributed by atoms with van der Waals surface area (Å²) in [5, 5.41) is 1.09. The van der Waals surface area contributed by atoms with Gasteiger partial charge in [0.2, 0.25) is 0 Å². The van der Waals surface area contributed by atoms with Gasteiger partial charge in [0.15, 0.2) is 0 Å². The van der Waals surface area contributed by atoms with Crippen LogP contribution in [-0.2, 0) is 10.9 Å². The van der Waals surface area contributed by atoms with Crippen LogP contribution in [0.15, 0.2) is 0 Å². The van der Waals surface area contributed by atoms with Crippen LogP contribution in [0.25, 0.3) is 0 Å². The highest BCUT2D eigenvalue weighted by Crippen LogP contribution is 2.36. The first kappa shape index (κ1) is 6.53. The fraction of sp³-hybridized carbons (Fsp3) is 1.00. The molecule has 0 aromatic carbocycles. The van der Waals surface area contributed by atoms with Crippen molar-refractivity contribution in [1.82, 2.24) is 0 Å². The van der Waals surface area contributed by atoms with Gasteiger partial charge >= 0.3 is 0 Å². The average molecular weight is 208 g/mol. The molecule has 2 fully saturated rings. The fourth-order valence-corrected chi connectivity index (χ4v) is 6.55. The Balaban J connectivity index is 2.07. The maximum Gasteiger partial charge on any atom is 0.131 e. The van der Waals surface area contributed by atoms with Crippen molar-refractivity contribution in [3.63, 3.8) is 0 Å². The number of alkyl halides is 1. The molecule has 0 amide bonds. The molecule has 9 heavy (non-hydrogen) atoms. The Morgan fingerprint density at radius 2 is 2.11 bits per heavy atom. The topological polar surface area (TPSA) is 0 Å². The Kier molecular flexibility index (Phi) is 1.79. The van der Waals surface area contributed by atoms with Crippen molar-refractivity contribution in [1.29, 1.82) is 0 Å². The van der Waals surface area contributed by atoms with Gasteiger partial charge in [-0.15, -0.1) is 0 Å². The van der Waals surface area contributed by atoms with Gasteiger partial charge in [0, 0.05) is 12.8 Å². The van der Waals surface area contributed by atoms with Gasteiger partial charge in [-0.2, -0.15) is 0 Å². The number of fused-ring (bicyclic) bond motifs is 1. The molecule has 1 unspecified atom stereocenters. The zero-order valence-electron chi connectivity index (χ0n) is 5.48. The molecule has 0 aromatic heterocycles. The number of hydrogen-bond donors (Lipinski definition) is 0. The van der Waals surface area contributed by atoms with Gasteiger partial charge in [-0.1, -0.05) is 15.9 Å². The van der Waals surface area contributed by atoms with E-state index in [2.05, 4.69) is 15.9 Å². The molecule has 0 spiro atoms. The Hall–Kier alpha value is 0.830. The van der Waals surface area contributed by atoms with Gasteiger partial charge in [-0.3, -0.25) is 0 Å². The lowest BCUT2D eigenvalue weighted by Crippen LogP contribution is -2.16. The van der Waals surface area contributed by atoms with E-state index in [9.17, 15) is 0 Å². The Bertz CT molecular complexity index is 115. The Morgan fingerprint density at radius 3 is 2.89 bits per heavy atom. The fourth-order valence-electron chi connectivity index (χ4n) is 1.88. The lowest BCUT2D eigenvalue weighted by molar-refractivity contribution is 0.747. The van der Waals surface area contributed by atoms with Crippen LogP contribution in [-0.4, -0.2) is 21.6 Å². The third-order valence-corrected chi connectivity index (χ3v) is 6.82. The van der Waals surface area contributed by atoms with Crippen LogP contribution in [0, 0.1) is 0 Å². The first-order chi connectivity index (χ1) is 4.38. The first-order valence-corrected chi connectivity index (χ1v) is 6.22. The summed E-state index contributed by atoms with van der Waals surface area (Å²) in [7, 11) is 0.855. The predicted octanol–water partition coefficient (Wildman–Crippen LogP) is 1.93. The molecule has 0 bridgehead atoms. The van der Waals surface area contributed by atoms with Crippen molar-refractivity contribution in [3.8, 4) is 0 Å². The SMILES string of the molecule is Br[C@H]1CC[S+]2CCC[C@H]12. The second-order valence-corrected chi connectivity index (χ2v) is 6.60. The highest BCUT2D eigenvalue weighted by Gasteiger charge is 2.46. The minimum atomic E-state index is 0.855. The summed E-state index contributed by atoms with van der Waals surface area (Å²) in [5.41, 5.74) is 0. The van der Waals surface area contributed by atoms with E-state index in [1.165, 1.54) is 25.0 Å². The van der Waals surface area contributed by atoms with Gasteiger partial charge in [-0.25, -0.2) is 0 Å². The van der Waals surface area contributed by atoms with Crippen LogP contribution < -0.4 is 0 Å². The van der Waals surface area contributed by atoms with E-state index in [1.54, 1.807) is 5.75 Å². The molecule has 2 aliphatic heterocycles. The lowest BCUT2D eigenvalue weighted by atomic mass is 10.2. The summed E-state index contributed by atoms with van der Waals surface area (Å²) >= 11 is 3.75. The summed E-state index contributed by atoms with van der Waals surface area (Å²) in [6.07, 6.45) is 4.47. The third-order valence-electron chi connectivity index (χ3n) is 2.38. The molecule has 0 radical (unpaired) electrons. The normalized spacial score (nSPS) is 49.7. The molecule has 2 aliphatic rings. The molecule has 2 heteroatoms. The Morgan fingerprint density at radius 1 is 1.22 bits per heavy atom. The summed E-state index contributed by atoms with van der Waals surface area (Å²) in [5.74, 6) is 3.08. The van der Waals surface area contributed by atoms with Crippen LogP contribution in [0.5, 0.6) is 0 Å². The van der Waals surface area contributed by atoms with Crippen molar-refractivity contribution < 1.29 is 0 Å². The van der Waals surface area contributed by atoms with Crippen LogP contribution in [0.2, 0.25) is 0 Å². The number of rotatable bonds is 0. The second kappa shape index (κ2) is 2.46.